The highest BCUT2D eigenvalue weighted by molar-refractivity contribution is 6.05. The highest BCUT2D eigenvalue weighted by atomic mass is 16.5. The molecule has 2 rings (SSSR count). The zero-order valence-corrected chi connectivity index (χ0v) is 12.4. The van der Waals surface area contributed by atoms with Gasteiger partial charge in [-0.25, -0.2) is 0 Å². The van der Waals surface area contributed by atoms with Crippen LogP contribution in [-0.2, 0) is 9.53 Å². The molecule has 0 spiro atoms. The van der Waals surface area contributed by atoms with Gasteiger partial charge >= 0.3 is 5.97 Å². The van der Waals surface area contributed by atoms with E-state index in [-0.39, 0.29) is 24.3 Å². The summed E-state index contributed by atoms with van der Waals surface area (Å²) in [5.74, 6) is -0.915. The maximum Gasteiger partial charge on any atom is 0.310 e. The van der Waals surface area contributed by atoms with E-state index in [2.05, 4.69) is 9.72 Å². The molecule has 110 valence electrons. The van der Waals surface area contributed by atoms with E-state index in [0.717, 1.165) is 10.8 Å². The van der Waals surface area contributed by atoms with Crippen LogP contribution in [0.4, 0.5) is 0 Å². The highest BCUT2D eigenvalue weighted by Crippen LogP contribution is 2.18. The van der Waals surface area contributed by atoms with Crippen LogP contribution in [0.1, 0.15) is 17.4 Å². The van der Waals surface area contributed by atoms with Crippen LogP contribution in [0.15, 0.2) is 36.5 Å². The number of pyridine rings is 1. The first-order valence-corrected chi connectivity index (χ1v) is 6.71. The van der Waals surface area contributed by atoms with Crippen molar-refractivity contribution in [1.82, 2.24) is 9.88 Å². The van der Waals surface area contributed by atoms with E-state index in [9.17, 15) is 9.59 Å². The predicted molar refractivity (Wildman–Crippen MR) is 79.9 cm³/mol. The van der Waals surface area contributed by atoms with Gasteiger partial charge in [0.2, 0.25) is 0 Å². The average Bonchev–Trinajstić information content (AvgIpc) is 2.52. The molecule has 5 nitrogen and oxygen atoms in total. The summed E-state index contributed by atoms with van der Waals surface area (Å²) < 4.78 is 4.68. The van der Waals surface area contributed by atoms with Gasteiger partial charge < -0.3 is 9.64 Å². The first-order chi connectivity index (χ1) is 10.0. The molecule has 5 heteroatoms. The third-order valence-electron chi connectivity index (χ3n) is 3.37. The number of rotatable bonds is 4. The molecule has 0 aliphatic heterocycles. The molecule has 0 saturated carbocycles. The van der Waals surface area contributed by atoms with Gasteiger partial charge in [0.1, 0.15) is 5.69 Å². The number of hydrogen-bond donors (Lipinski definition) is 0. The number of carbonyl (C=O) groups excluding carboxylic acids is 2. The van der Waals surface area contributed by atoms with Crippen LogP contribution < -0.4 is 0 Å². The number of amides is 1. The van der Waals surface area contributed by atoms with Gasteiger partial charge in [-0.2, -0.15) is 0 Å². The van der Waals surface area contributed by atoms with Crippen molar-refractivity contribution in [3.05, 3.63) is 42.2 Å². The second-order valence-electron chi connectivity index (χ2n) is 4.99. The number of carbonyl (C=O) groups is 2. The van der Waals surface area contributed by atoms with E-state index in [1.54, 1.807) is 20.2 Å². The quantitative estimate of drug-likeness (QED) is 0.808. The van der Waals surface area contributed by atoms with Gasteiger partial charge in [-0.3, -0.25) is 14.6 Å². The van der Waals surface area contributed by atoms with Crippen molar-refractivity contribution in [3.63, 3.8) is 0 Å². The number of fused-ring (bicyclic) bond motifs is 1. The van der Waals surface area contributed by atoms with E-state index in [0.29, 0.717) is 5.69 Å². The molecule has 1 amide bonds. The van der Waals surface area contributed by atoms with Crippen molar-refractivity contribution in [3.8, 4) is 0 Å². The lowest BCUT2D eigenvalue weighted by atomic mass is 10.1. The first kappa shape index (κ1) is 15.0. The predicted octanol–water partition coefficient (Wildman–Crippen LogP) is 2.12. The average molecular weight is 286 g/mol. The van der Waals surface area contributed by atoms with E-state index >= 15 is 0 Å². The second-order valence-corrected chi connectivity index (χ2v) is 4.99. The van der Waals surface area contributed by atoms with E-state index in [1.165, 1.54) is 12.0 Å². The van der Waals surface area contributed by atoms with Crippen LogP contribution in [0.5, 0.6) is 0 Å². The fourth-order valence-corrected chi connectivity index (χ4v) is 2.24. The monoisotopic (exact) mass is 286 g/mol. The Morgan fingerprint density at radius 2 is 2.00 bits per heavy atom. The van der Waals surface area contributed by atoms with Crippen LogP contribution in [0.2, 0.25) is 0 Å². The number of methoxy groups -OCH3 is 1. The zero-order chi connectivity index (χ0) is 15.4. The molecular formula is C16H18N2O3. The SMILES string of the molecule is COC(=O)C(C)CN(C)C(=O)c1nccc2ccccc12. The Morgan fingerprint density at radius 3 is 2.71 bits per heavy atom. The molecule has 0 radical (unpaired) electrons. The van der Waals surface area contributed by atoms with Crippen LogP contribution in [-0.4, -0.2) is 42.5 Å². The molecule has 1 aromatic heterocycles. The summed E-state index contributed by atoms with van der Waals surface area (Å²) in [4.78, 5) is 29.6. The smallest absolute Gasteiger partial charge is 0.310 e. The Balaban J connectivity index is 2.24. The molecule has 0 saturated heterocycles. The number of aromatic nitrogens is 1. The van der Waals surface area contributed by atoms with Gasteiger partial charge in [0, 0.05) is 25.2 Å². The van der Waals surface area contributed by atoms with Crippen molar-refractivity contribution in [2.45, 2.75) is 6.92 Å². The minimum Gasteiger partial charge on any atom is -0.469 e. The van der Waals surface area contributed by atoms with Gasteiger partial charge in [-0.15, -0.1) is 0 Å². The Morgan fingerprint density at radius 1 is 1.29 bits per heavy atom. The summed E-state index contributed by atoms with van der Waals surface area (Å²) in [5, 5.41) is 1.77. The normalized spacial score (nSPS) is 12.0. The third-order valence-corrected chi connectivity index (χ3v) is 3.37. The lowest BCUT2D eigenvalue weighted by Gasteiger charge is -2.20. The van der Waals surface area contributed by atoms with Gasteiger partial charge in [0.15, 0.2) is 0 Å². The molecule has 0 bridgehead atoms. The molecule has 21 heavy (non-hydrogen) atoms. The molecule has 2 aromatic rings. The first-order valence-electron chi connectivity index (χ1n) is 6.71. The minimum absolute atomic E-state index is 0.206. The fourth-order valence-electron chi connectivity index (χ4n) is 2.24. The van der Waals surface area contributed by atoms with Crippen LogP contribution in [0, 0.1) is 5.92 Å². The standard InChI is InChI=1S/C16H18N2O3/c1-11(16(20)21-3)10-18(2)15(19)14-13-7-5-4-6-12(13)8-9-17-14/h4-9,11H,10H2,1-3H3. The van der Waals surface area contributed by atoms with E-state index in [4.69, 9.17) is 0 Å². The largest absolute Gasteiger partial charge is 0.469 e. The van der Waals surface area contributed by atoms with E-state index < -0.39 is 0 Å². The Kier molecular flexibility index (Phi) is 4.52. The van der Waals surface area contributed by atoms with Crippen LogP contribution >= 0.6 is 0 Å². The number of esters is 1. The minimum atomic E-state index is -0.376. The summed E-state index contributed by atoms with van der Waals surface area (Å²) in [6, 6.07) is 9.46. The summed E-state index contributed by atoms with van der Waals surface area (Å²) in [6.07, 6.45) is 1.62. The van der Waals surface area contributed by atoms with Gasteiger partial charge in [-0.1, -0.05) is 31.2 Å². The van der Waals surface area contributed by atoms with Gasteiger partial charge in [0.05, 0.1) is 13.0 Å². The summed E-state index contributed by atoms with van der Waals surface area (Å²) in [6.45, 7) is 2.02. The van der Waals surface area contributed by atoms with Crippen LogP contribution in [0.3, 0.4) is 0 Å². The van der Waals surface area contributed by atoms with Gasteiger partial charge in [-0.05, 0) is 11.5 Å². The lowest BCUT2D eigenvalue weighted by molar-refractivity contribution is -0.145. The number of nitrogens with zero attached hydrogens (tertiary/aromatic N) is 2. The van der Waals surface area contributed by atoms with Crippen molar-refractivity contribution in [1.29, 1.82) is 0 Å². The van der Waals surface area contributed by atoms with Gasteiger partial charge in [0.25, 0.3) is 5.91 Å². The molecule has 0 aliphatic carbocycles. The topological polar surface area (TPSA) is 59.5 Å². The summed E-state index contributed by atoms with van der Waals surface area (Å²) in [7, 11) is 3.00. The summed E-state index contributed by atoms with van der Waals surface area (Å²) >= 11 is 0. The molecule has 0 aliphatic rings. The van der Waals surface area contributed by atoms with Crippen LogP contribution in [0.25, 0.3) is 10.8 Å². The van der Waals surface area contributed by atoms with E-state index in [1.807, 2.05) is 30.3 Å². The van der Waals surface area contributed by atoms with Crippen molar-refractivity contribution >= 4 is 22.6 Å². The molecule has 1 aromatic carbocycles. The molecule has 1 heterocycles. The molecule has 1 unspecified atom stereocenters. The van der Waals surface area contributed by atoms with Crippen molar-refractivity contribution in [2.24, 2.45) is 5.92 Å². The van der Waals surface area contributed by atoms with Crippen molar-refractivity contribution < 1.29 is 14.3 Å². The second kappa shape index (κ2) is 6.35. The summed E-state index contributed by atoms with van der Waals surface area (Å²) in [5.41, 5.74) is 0.396. The molecular weight excluding hydrogens is 268 g/mol. The number of hydrogen-bond acceptors (Lipinski definition) is 4. The molecule has 1 atom stereocenters. The lowest BCUT2D eigenvalue weighted by Crippen LogP contribution is -2.34. The maximum atomic E-state index is 12.5. The Labute approximate surface area is 123 Å². The van der Waals surface area contributed by atoms with Crippen molar-refractivity contribution in [2.75, 3.05) is 20.7 Å². The zero-order valence-electron chi connectivity index (χ0n) is 12.4. The number of ether oxygens (including phenoxy) is 1. The third kappa shape index (κ3) is 3.18. The highest BCUT2D eigenvalue weighted by Gasteiger charge is 2.21. The number of benzene rings is 1. The fraction of sp³-hybridized carbons (Fsp3) is 0.312. The molecule has 0 fully saturated rings. The Bertz CT molecular complexity index is 664. The maximum absolute atomic E-state index is 12.5. The Hall–Kier alpha value is -2.43. The molecule has 0 N–H and O–H groups in total.